The normalized spacial score (nSPS) is 18.9. The van der Waals surface area contributed by atoms with Crippen molar-refractivity contribution in [1.29, 1.82) is 0 Å². The number of benzene rings is 1. The molecular weight excluding hydrogens is 307 g/mol. The molecule has 1 heterocycles. The maximum absolute atomic E-state index is 12.7. The van der Waals surface area contributed by atoms with Gasteiger partial charge >= 0.3 is 6.18 Å². The highest BCUT2D eigenvalue weighted by Crippen LogP contribution is 2.31. The number of aliphatic hydroxyl groups excluding tert-OH is 1. The van der Waals surface area contributed by atoms with E-state index in [1.807, 2.05) is 0 Å². The van der Waals surface area contributed by atoms with Crippen LogP contribution >= 0.6 is 0 Å². The van der Waals surface area contributed by atoms with Crippen LogP contribution in [0.3, 0.4) is 0 Å². The zero-order valence-corrected chi connectivity index (χ0v) is 12.0. The summed E-state index contributed by atoms with van der Waals surface area (Å²) in [5.41, 5.74) is -0.978. The van der Waals surface area contributed by atoms with Gasteiger partial charge in [0.2, 0.25) is 10.0 Å². The van der Waals surface area contributed by atoms with E-state index < -0.39 is 21.8 Å². The van der Waals surface area contributed by atoms with Gasteiger partial charge < -0.3 is 5.11 Å². The predicted octanol–water partition coefficient (Wildman–Crippen LogP) is 2.10. The van der Waals surface area contributed by atoms with E-state index in [1.165, 1.54) is 10.4 Å². The first-order chi connectivity index (χ1) is 9.75. The lowest BCUT2D eigenvalue weighted by molar-refractivity contribution is -0.137. The molecule has 2 rings (SSSR count). The molecule has 0 unspecified atom stereocenters. The second-order valence-electron chi connectivity index (χ2n) is 5.06. The highest BCUT2D eigenvalue weighted by molar-refractivity contribution is 7.89. The molecule has 0 spiro atoms. The Bertz CT molecular complexity index is 593. The van der Waals surface area contributed by atoms with Gasteiger partial charge in [-0.2, -0.15) is 17.5 Å². The number of halogens is 3. The van der Waals surface area contributed by atoms with Crippen LogP contribution < -0.4 is 0 Å². The van der Waals surface area contributed by atoms with E-state index in [0.717, 1.165) is 12.1 Å². The Morgan fingerprint density at radius 2 is 1.86 bits per heavy atom. The molecule has 0 amide bonds. The molecule has 0 bridgehead atoms. The molecule has 1 saturated heterocycles. The first kappa shape index (κ1) is 16.3. The maximum atomic E-state index is 12.7. The smallest absolute Gasteiger partial charge is 0.396 e. The molecule has 1 aromatic carbocycles. The summed E-state index contributed by atoms with van der Waals surface area (Å²) in [5.74, 6) is 0.0537. The quantitative estimate of drug-likeness (QED) is 0.927. The summed E-state index contributed by atoms with van der Waals surface area (Å²) in [6.45, 7) is 0.422. The van der Waals surface area contributed by atoms with Crippen LogP contribution in [0.1, 0.15) is 18.4 Å². The molecule has 0 radical (unpaired) electrons. The lowest BCUT2D eigenvalue weighted by atomic mass is 10.00. The van der Waals surface area contributed by atoms with Crippen LogP contribution in [0.2, 0.25) is 0 Å². The van der Waals surface area contributed by atoms with Gasteiger partial charge in [0.05, 0.1) is 10.5 Å². The number of aliphatic hydroxyl groups is 1. The van der Waals surface area contributed by atoms with Crippen LogP contribution in [-0.4, -0.2) is 37.5 Å². The van der Waals surface area contributed by atoms with E-state index >= 15 is 0 Å². The van der Waals surface area contributed by atoms with Gasteiger partial charge in [-0.25, -0.2) is 8.42 Å². The third kappa shape index (κ3) is 3.56. The van der Waals surface area contributed by atoms with Gasteiger partial charge in [-0.05, 0) is 37.0 Å². The Kier molecular flexibility index (Phi) is 4.60. The Labute approximate surface area is 121 Å². The molecule has 1 N–H and O–H groups in total. The molecule has 118 valence electrons. The van der Waals surface area contributed by atoms with Crippen LogP contribution in [0.5, 0.6) is 0 Å². The van der Waals surface area contributed by atoms with Crippen LogP contribution in [0.15, 0.2) is 29.2 Å². The van der Waals surface area contributed by atoms with Gasteiger partial charge in [-0.15, -0.1) is 0 Å². The first-order valence-electron chi connectivity index (χ1n) is 6.53. The summed E-state index contributed by atoms with van der Waals surface area (Å²) in [7, 11) is -3.92. The molecule has 4 nitrogen and oxygen atoms in total. The van der Waals surface area contributed by atoms with Crippen molar-refractivity contribution < 1.29 is 26.7 Å². The summed E-state index contributed by atoms with van der Waals surface area (Å²) >= 11 is 0. The molecular formula is C13H16F3NO3S. The average Bonchev–Trinajstić information content (AvgIpc) is 2.46. The van der Waals surface area contributed by atoms with E-state index in [2.05, 4.69) is 0 Å². The minimum Gasteiger partial charge on any atom is -0.396 e. The summed E-state index contributed by atoms with van der Waals surface area (Å²) < 4.78 is 63.9. The topological polar surface area (TPSA) is 57.6 Å². The molecule has 0 aliphatic carbocycles. The van der Waals surface area contributed by atoms with Gasteiger partial charge in [0.1, 0.15) is 0 Å². The van der Waals surface area contributed by atoms with E-state index in [1.54, 1.807) is 0 Å². The van der Waals surface area contributed by atoms with E-state index in [-0.39, 0.29) is 30.5 Å². The maximum Gasteiger partial charge on any atom is 0.416 e. The zero-order valence-electron chi connectivity index (χ0n) is 11.2. The largest absolute Gasteiger partial charge is 0.416 e. The zero-order chi connectivity index (χ0) is 15.7. The second-order valence-corrected chi connectivity index (χ2v) is 6.99. The van der Waals surface area contributed by atoms with Crippen molar-refractivity contribution in [3.8, 4) is 0 Å². The van der Waals surface area contributed by atoms with Gasteiger partial charge in [-0.1, -0.05) is 6.07 Å². The molecule has 1 aliphatic rings. The average molecular weight is 323 g/mol. The number of hydrogen-bond acceptors (Lipinski definition) is 3. The minimum absolute atomic E-state index is 0.00253. The summed E-state index contributed by atoms with van der Waals surface area (Å²) in [5, 5.41) is 9.03. The SMILES string of the molecule is O=S(=O)(c1cccc(C(F)(F)F)c1)N1CCC(CO)CC1. The Morgan fingerprint density at radius 1 is 1.24 bits per heavy atom. The van der Waals surface area contributed by atoms with Crippen molar-refractivity contribution in [2.75, 3.05) is 19.7 Å². The number of hydrogen-bond donors (Lipinski definition) is 1. The van der Waals surface area contributed by atoms with Crippen LogP contribution in [0, 0.1) is 5.92 Å². The molecule has 21 heavy (non-hydrogen) atoms. The first-order valence-corrected chi connectivity index (χ1v) is 7.97. The van der Waals surface area contributed by atoms with Crippen molar-refractivity contribution >= 4 is 10.0 Å². The molecule has 0 aromatic heterocycles. The summed E-state index contributed by atoms with van der Waals surface area (Å²) in [4.78, 5) is -0.347. The monoisotopic (exact) mass is 323 g/mol. The van der Waals surface area contributed by atoms with Gasteiger partial charge in [0, 0.05) is 19.7 Å². The minimum atomic E-state index is -4.57. The van der Waals surface area contributed by atoms with Crippen LogP contribution in [0.25, 0.3) is 0 Å². The molecule has 1 aliphatic heterocycles. The fraction of sp³-hybridized carbons (Fsp3) is 0.538. The molecule has 0 saturated carbocycles. The van der Waals surface area contributed by atoms with Crippen molar-refractivity contribution in [2.24, 2.45) is 5.92 Å². The fourth-order valence-corrected chi connectivity index (χ4v) is 3.83. The summed E-state index contributed by atoms with van der Waals surface area (Å²) in [6.07, 6.45) is -3.56. The third-order valence-electron chi connectivity index (χ3n) is 3.63. The summed E-state index contributed by atoms with van der Waals surface area (Å²) in [6, 6.07) is 3.77. The highest BCUT2D eigenvalue weighted by atomic mass is 32.2. The molecule has 8 heteroatoms. The molecule has 0 atom stereocenters. The standard InChI is InChI=1S/C13H16F3NO3S/c14-13(15,16)11-2-1-3-12(8-11)21(19,20)17-6-4-10(9-18)5-7-17/h1-3,8,10,18H,4-7,9H2. The van der Waals surface area contributed by atoms with Crippen LogP contribution in [-0.2, 0) is 16.2 Å². The number of piperidine rings is 1. The van der Waals surface area contributed by atoms with Crippen molar-refractivity contribution in [2.45, 2.75) is 23.9 Å². The lowest BCUT2D eigenvalue weighted by Crippen LogP contribution is -2.39. The fourth-order valence-electron chi connectivity index (χ4n) is 2.31. The predicted molar refractivity (Wildman–Crippen MR) is 70.0 cm³/mol. The van der Waals surface area contributed by atoms with Crippen molar-refractivity contribution in [3.63, 3.8) is 0 Å². The molecule has 1 aromatic rings. The second kappa shape index (κ2) is 5.94. The Morgan fingerprint density at radius 3 is 2.38 bits per heavy atom. The number of rotatable bonds is 3. The van der Waals surface area contributed by atoms with E-state index in [9.17, 15) is 21.6 Å². The van der Waals surface area contributed by atoms with Crippen molar-refractivity contribution in [1.82, 2.24) is 4.31 Å². The molecule has 1 fully saturated rings. The third-order valence-corrected chi connectivity index (χ3v) is 5.53. The highest BCUT2D eigenvalue weighted by Gasteiger charge is 2.34. The lowest BCUT2D eigenvalue weighted by Gasteiger charge is -2.30. The van der Waals surface area contributed by atoms with E-state index in [4.69, 9.17) is 5.11 Å². The van der Waals surface area contributed by atoms with Gasteiger partial charge in [-0.3, -0.25) is 0 Å². The van der Waals surface area contributed by atoms with Crippen LogP contribution in [0.4, 0.5) is 13.2 Å². The van der Waals surface area contributed by atoms with Crippen molar-refractivity contribution in [3.05, 3.63) is 29.8 Å². The number of alkyl halides is 3. The Hall–Kier alpha value is -1.12. The van der Waals surface area contributed by atoms with E-state index in [0.29, 0.717) is 18.9 Å². The number of sulfonamides is 1. The van der Waals surface area contributed by atoms with Gasteiger partial charge in [0.25, 0.3) is 0 Å². The van der Waals surface area contributed by atoms with Gasteiger partial charge in [0.15, 0.2) is 0 Å². The Balaban J connectivity index is 2.24. The number of nitrogens with zero attached hydrogens (tertiary/aromatic N) is 1.